The molecule has 0 bridgehead atoms. The van der Waals surface area contributed by atoms with Gasteiger partial charge in [0.05, 0.1) is 0 Å². The zero-order chi connectivity index (χ0) is 12.3. The van der Waals surface area contributed by atoms with Crippen molar-refractivity contribution in [3.8, 4) is 0 Å². The minimum atomic E-state index is 0.114. The molecule has 0 spiro atoms. The van der Waals surface area contributed by atoms with Crippen LogP contribution in [-0.2, 0) is 0 Å². The maximum absolute atomic E-state index is 11.7. The minimum Gasteiger partial charge on any atom is -0.333 e. The quantitative estimate of drug-likeness (QED) is 0.732. The number of carbonyl (C=O) groups is 1. The van der Waals surface area contributed by atoms with Crippen LogP contribution >= 0.6 is 0 Å². The van der Waals surface area contributed by atoms with Crippen LogP contribution in [0.1, 0.15) is 19.8 Å². The van der Waals surface area contributed by atoms with E-state index in [1.165, 1.54) is 0 Å². The third-order valence-electron chi connectivity index (χ3n) is 3.93. The summed E-state index contributed by atoms with van der Waals surface area (Å²) in [6.45, 7) is 7.10. The second-order valence-electron chi connectivity index (χ2n) is 5.13. The van der Waals surface area contributed by atoms with Gasteiger partial charge in [0.25, 0.3) is 0 Å². The highest BCUT2D eigenvalue weighted by Crippen LogP contribution is 2.11. The van der Waals surface area contributed by atoms with Gasteiger partial charge in [-0.15, -0.1) is 0 Å². The molecule has 0 saturated carbocycles. The largest absolute Gasteiger partial charge is 0.333 e. The molecule has 2 rings (SSSR count). The zero-order valence-corrected chi connectivity index (χ0v) is 10.9. The number of carbonyl (C=O) groups excluding carboxylic acids is 1. The third-order valence-corrected chi connectivity index (χ3v) is 3.93. The molecule has 17 heavy (non-hydrogen) atoms. The van der Waals surface area contributed by atoms with Crippen molar-refractivity contribution in [2.75, 3.05) is 39.8 Å². The Labute approximate surface area is 104 Å². The highest BCUT2D eigenvalue weighted by molar-refractivity contribution is 5.76. The Morgan fingerprint density at radius 3 is 2.94 bits per heavy atom. The normalized spacial score (nSPS) is 30.7. The van der Waals surface area contributed by atoms with Crippen LogP contribution in [0.4, 0.5) is 4.79 Å². The van der Waals surface area contributed by atoms with Gasteiger partial charge in [0, 0.05) is 44.8 Å². The molecule has 0 aromatic rings. The van der Waals surface area contributed by atoms with Crippen molar-refractivity contribution in [2.24, 2.45) is 0 Å². The van der Waals surface area contributed by atoms with Gasteiger partial charge in [-0.3, -0.25) is 0 Å². The zero-order valence-electron chi connectivity index (χ0n) is 10.9. The summed E-state index contributed by atoms with van der Waals surface area (Å²) in [4.78, 5) is 16.0. The number of rotatable bonds is 4. The first kappa shape index (κ1) is 12.6. The second-order valence-corrected chi connectivity index (χ2v) is 5.13. The SMILES string of the molecule is CCC1CN(CCC2CNCCN2C)C(=O)N1. The van der Waals surface area contributed by atoms with Gasteiger partial charge in [-0.05, 0) is 19.9 Å². The van der Waals surface area contributed by atoms with E-state index in [1.54, 1.807) is 0 Å². The van der Waals surface area contributed by atoms with Crippen LogP contribution in [0.25, 0.3) is 0 Å². The summed E-state index contributed by atoms with van der Waals surface area (Å²) < 4.78 is 0. The van der Waals surface area contributed by atoms with E-state index in [4.69, 9.17) is 0 Å². The number of nitrogens with zero attached hydrogens (tertiary/aromatic N) is 2. The lowest BCUT2D eigenvalue weighted by Crippen LogP contribution is -2.50. The molecule has 2 saturated heterocycles. The van der Waals surface area contributed by atoms with E-state index >= 15 is 0 Å². The summed E-state index contributed by atoms with van der Waals surface area (Å²) in [6.07, 6.45) is 2.08. The smallest absolute Gasteiger partial charge is 0.317 e. The maximum atomic E-state index is 11.7. The van der Waals surface area contributed by atoms with Crippen molar-refractivity contribution in [3.63, 3.8) is 0 Å². The van der Waals surface area contributed by atoms with E-state index in [9.17, 15) is 4.79 Å². The Hall–Kier alpha value is -0.810. The lowest BCUT2D eigenvalue weighted by Gasteiger charge is -2.33. The Kier molecular flexibility index (Phi) is 4.23. The van der Waals surface area contributed by atoms with E-state index in [2.05, 4.69) is 29.5 Å². The maximum Gasteiger partial charge on any atom is 0.317 e. The van der Waals surface area contributed by atoms with Crippen molar-refractivity contribution >= 4 is 6.03 Å². The summed E-state index contributed by atoms with van der Waals surface area (Å²) in [7, 11) is 2.17. The minimum absolute atomic E-state index is 0.114. The number of hydrogen-bond donors (Lipinski definition) is 2. The predicted molar refractivity (Wildman–Crippen MR) is 68.1 cm³/mol. The molecule has 2 aliphatic rings. The fourth-order valence-electron chi connectivity index (χ4n) is 2.57. The lowest BCUT2D eigenvalue weighted by atomic mass is 10.1. The van der Waals surface area contributed by atoms with Gasteiger partial charge in [0.15, 0.2) is 0 Å². The van der Waals surface area contributed by atoms with Crippen LogP contribution in [0.15, 0.2) is 0 Å². The van der Waals surface area contributed by atoms with Gasteiger partial charge in [-0.1, -0.05) is 6.92 Å². The fourth-order valence-corrected chi connectivity index (χ4v) is 2.57. The van der Waals surface area contributed by atoms with Gasteiger partial charge < -0.3 is 20.4 Å². The Morgan fingerprint density at radius 1 is 1.47 bits per heavy atom. The molecule has 0 aliphatic carbocycles. The summed E-state index contributed by atoms with van der Waals surface area (Å²) in [5.74, 6) is 0. The molecule has 0 aromatic carbocycles. The Morgan fingerprint density at radius 2 is 2.29 bits per heavy atom. The lowest BCUT2D eigenvalue weighted by molar-refractivity contribution is 0.171. The molecule has 2 amide bonds. The summed E-state index contributed by atoms with van der Waals surface area (Å²) >= 11 is 0. The molecule has 0 radical (unpaired) electrons. The summed E-state index contributed by atoms with van der Waals surface area (Å²) in [6, 6.07) is 1.03. The molecule has 98 valence electrons. The molecule has 2 unspecified atom stereocenters. The van der Waals surface area contributed by atoms with E-state index < -0.39 is 0 Å². The molecule has 2 atom stereocenters. The van der Waals surface area contributed by atoms with Crippen LogP contribution in [0.3, 0.4) is 0 Å². The Balaban J connectivity index is 1.76. The predicted octanol–water partition coefficient (Wildman–Crippen LogP) is 0.0839. The molecule has 2 heterocycles. The van der Waals surface area contributed by atoms with Crippen LogP contribution in [0, 0.1) is 0 Å². The van der Waals surface area contributed by atoms with Crippen molar-refractivity contribution in [2.45, 2.75) is 31.8 Å². The van der Waals surface area contributed by atoms with E-state index in [0.717, 1.165) is 45.6 Å². The average Bonchev–Trinajstić information content (AvgIpc) is 2.69. The molecular formula is C12H24N4O. The Bertz CT molecular complexity index is 271. The number of piperazine rings is 1. The van der Waals surface area contributed by atoms with Crippen LogP contribution in [-0.4, -0.2) is 67.7 Å². The molecular weight excluding hydrogens is 216 g/mol. The van der Waals surface area contributed by atoms with Crippen LogP contribution < -0.4 is 10.6 Å². The van der Waals surface area contributed by atoms with E-state index in [-0.39, 0.29) is 6.03 Å². The first-order chi connectivity index (χ1) is 8.20. The van der Waals surface area contributed by atoms with Gasteiger partial charge in [-0.25, -0.2) is 4.79 Å². The number of amides is 2. The standard InChI is InChI=1S/C12H24N4O/c1-3-10-9-16(12(17)14-10)6-4-11-8-13-5-7-15(11)2/h10-11,13H,3-9H2,1-2H3,(H,14,17). The van der Waals surface area contributed by atoms with E-state index in [0.29, 0.717) is 12.1 Å². The van der Waals surface area contributed by atoms with Gasteiger partial charge in [0.2, 0.25) is 0 Å². The fraction of sp³-hybridized carbons (Fsp3) is 0.917. The molecule has 5 nitrogen and oxygen atoms in total. The first-order valence-electron chi connectivity index (χ1n) is 6.67. The van der Waals surface area contributed by atoms with Crippen molar-refractivity contribution < 1.29 is 4.79 Å². The second kappa shape index (κ2) is 5.69. The topological polar surface area (TPSA) is 47.6 Å². The van der Waals surface area contributed by atoms with E-state index in [1.807, 2.05) is 4.90 Å². The van der Waals surface area contributed by atoms with Crippen molar-refractivity contribution in [3.05, 3.63) is 0 Å². The molecule has 2 N–H and O–H groups in total. The van der Waals surface area contributed by atoms with Crippen molar-refractivity contribution in [1.82, 2.24) is 20.4 Å². The van der Waals surface area contributed by atoms with Crippen LogP contribution in [0.5, 0.6) is 0 Å². The summed E-state index contributed by atoms with van der Waals surface area (Å²) in [5.41, 5.74) is 0. The molecule has 5 heteroatoms. The van der Waals surface area contributed by atoms with Gasteiger partial charge in [0.1, 0.15) is 0 Å². The monoisotopic (exact) mass is 240 g/mol. The number of likely N-dealkylation sites (N-methyl/N-ethyl adjacent to an activating group) is 1. The highest BCUT2D eigenvalue weighted by Gasteiger charge is 2.28. The van der Waals surface area contributed by atoms with Gasteiger partial charge >= 0.3 is 6.03 Å². The number of urea groups is 1. The first-order valence-corrected chi connectivity index (χ1v) is 6.67. The summed E-state index contributed by atoms with van der Waals surface area (Å²) in [5, 5.41) is 6.42. The highest BCUT2D eigenvalue weighted by atomic mass is 16.2. The average molecular weight is 240 g/mol. The van der Waals surface area contributed by atoms with Crippen LogP contribution in [0.2, 0.25) is 0 Å². The third kappa shape index (κ3) is 3.10. The molecule has 0 aromatic heterocycles. The van der Waals surface area contributed by atoms with Gasteiger partial charge in [-0.2, -0.15) is 0 Å². The molecule has 2 fully saturated rings. The number of hydrogen-bond acceptors (Lipinski definition) is 3. The van der Waals surface area contributed by atoms with Crippen molar-refractivity contribution in [1.29, 1.82) is 0 Å². The molecule has 2 aliphatic heterocycles. The number of nitrogens with one attached hydrogen (secondary N) is 2.